The van der Waals surface area contributed by atoms with Crippen LogP contribution in [0.25, 0.3) is 0 Å². The SMILES string of the molecule is CCS(=O)(=O)N1CCN(CC(=O)NC(=O)NC2CC2)CC1. The van der Waals surface area contributed by atoms with Gasteiger partial charge in [-0.2, -0.15) is 4.31 Å². The van der Waals surface area contributed by atoms with Gasteiger partial charge in [0.1, 0.15) is 0 Å². The fourth-order valence-corrected chi connectivity index (χ4v) is 3.25. The average molecular weight is 318 g/mol. The molecule has 3 amide bonds. The number of rotatable bonds is 5. The van der Waals surface area contributed by atoms with E-state index in [1.165, 1.54) is 4.31 Å². The van der Waals surface area contributed by atoms with E-state index in [4.69, 9.17) is 0 Å². The van der Waals surface area contributed by atoms with Crippen molar-refractivity contribution in [3.8, 4) is 0 Å². The maximum absolute atomic E-state index is 11.7. The molecule has 0 aromatic heterocycles. The van der Waals surface area contributed by atoms with Crippen molar-refractivity contribution in [3.05, 3.63) is 0 Å². The Hall–Kier alpha value is -1.19. The summed E-state index contributed by atoms with van der Waals surface area (Å²) in [7, 11) is -3.16. The van der Waals surface area contributed by atoms with Gasteiger partial charge in [0.2, 0.25) is 15.9 Å². The maximum atomic E-state index is 11.7. The third kappa shape index (κ3) is 4.94. The highest BCUT2D eigenvalue weighted by Crippen LogP contribution is 2.18. The molecule has 1 heterocycles. The molecule has 21 heavy (non-hydrogen) atoms. The molecule has 2 N–H and O–H groups in total. The lowest BCUT2D eigenvalue weighted by atomic mass is 10.3. The molecular formula is C12H22N4O4S. The number of hydrogen-bond donors (Lipinski definition) is 2. The number of urea groups is 1. The van der Waals surface area contributed by atoms with Gasteiger partial charge in [0.05, 0.1) is 12.3 Å². The van der Waals surface area contributed by atoms with E-state index in [2.05, 4.69) is 10.6 Å². The minimum absolute atomic E-state index is 0.0921. The maximum Gasteiger partial charge on any atom is 0.321 e. The first-order chi connectivity index (χ1) is 9.90. The van der Waals surface area contributed by atoms with E-state index in [-0.39, 0.29) is 24.2 Å². The molecule has 2 aliphatic rings. The van der Waals surface area contributed by atoms with Crippen molar-refractivity contribution in [1.29, 1.82) is 0 Å². The van der Waals surface area contributed by atoms with Crippen LogP contribution in [0.15, 0.2) is 0 Å². The summed E-state index contributed by atoms with van der Waals surface area (Å²) < 4.78 is 24.9. The molecule has 0 atom stereocenters. The van der Waals surface area contributed by atoms with Crippen molar-refractivity contribution in [3.63, 3.8) is 0 Å². The zero-order valence-electron chi connectivity index (χ0n) is 12.2. The summed E-state index contributed by atoms with van der Waals surface area (Å²) in [5.74, 6) is -0.269. The van der Waals surface area contributed by atoms with Crippen molar-refractivity contribution in [2.45, 2.75) is 25.8 Å². The summed E-state index contributed by atoms with van der Waals surface area (Å²) >= 11 is 0. The second-order valence-electron chi connectivity index (χ2n) is 5.37. The van der Waals surface area contributed by atoms with Crippen molar-refractivity contribution in [2.75, 3.05) is 38.5 Å². The predicted molar refractivity (Wildman–Crippen MR) is 77.2 cm³/mol. The van der Waals surface area contributed by atoms with Crippen LogP contribution in [0.5, 0.6) is 0 Å². The van der Waals surface area contributed by atoms with Crippen LogP contribution in [0.1, 0.15) is 19.8 Å². The Kier molecular flexibility index (Phi) is 5.17. The van der Waals surface area contributed by atoms with Gasteiger partial charge in [-0.25, -0.2) is 13.2 Å². The number of sulfonamides is 1. The highest BCUT2D eigenvalue weighted by molar-refractivity contribution is 7.89. The van der Waals surface area contributed by atoms with Gasteiger partial charge in [-0.05, 0) is 19.8 Å². The quantitative estimate of drug-likeness (QED) is 0.673. The summed E-state index contributed by atoms with van der Waals surface area (Å²) in [5.41, 5.74) is 0. The molecule has 0 radical (unpaired) electrons. The zero-order valence-corrected chi connectivity index (χ0v) is 13.0. The number of nitrogens with zero attached hydrogens (tertiary/aromatic N) is 2. The van der Waals surface area contributed by atoms with Crippen molar-refractivity contribution in [1.82, 2.24) is 19.8 Å². The Balaban J connectivity index is 1.70. The Labute approximate surface area is 124 Å². The summed E-state index contributed by atoms with van der Waals surface area (Å²) in [4.78, 5) is 25.0. The van der Waals surface area contributed by atoms with Crippen LogP contribution >= 0.6 is 0 Å². The molecule has 2 rings (SSSR count). The van der Waals surface area contributed by atoms with Gasteiger partial charge in [-0.15, -0.1) is 0 Å². The summed E-state index contributed by atoms with van der Waals surface area (Å²) in [6, 6.07) is -0.240. The van der Waals surface area contributed by atoms with Crippen LogP contribution in [-0.4, -0.2) is 74.1 Å². The number of amides is 3. The zero-order chi connectivity index (χ0) is 15.5. The highest BCUT2D eigenvalue weighted by atomic mass is 32.2. The van der Waals surface area contributed by atoms with Crippen LogP contribution in [0, 0.1) is 0 Å². The molecule has 0 aromatic rings. The summed E-state index contributed by atoms with van der Waals surface area (Å²) in [6.07, 6.45) is 1.94. The Morgan fingerprint density at radius 2 is 1.76 bits per heavy atom. The van der Waals surface area contributed by atoms with Gasteiger partial charge >= 0.3 is 6.03 Å². The van der Waals surface area contributed by atoms with Crippen LogP contribution in [0.3, 0.4) is 0 Å². The lowest BCUT2D eigenvalue weighted by Gasteiger charge is -2.33. The molecule has 120 valence electrons. The smallest absolute Gasteiger partial charge is 0.321 e. The van der Waals surface area contributed by atoms with Crippen LogP contribution < -0.4 is 10.6 Å². The minimum Gasteiger partial charge on any atom is -0.335 e. The number of carbonyl (C=O) groups is 2. The van der Waals surface area contributed by atoms with Crippen LogP contribution in [0.4, 0.5) is 4.79 Å². The third-order valence-corrected chi connectivity index (χ3v) is 5.50. The molecule has 0 aromatic carbocycles. The van der Waals surface area contributed by atoms with Gasteiger partial charge in [-0.1, -0.05) is 0 Å². The number of nitrogens with one attached hydrogen (secondary N) is 2. The van der Waals surface area contributed by atoms with E-state index >= 15 is 0 Å². The average Bonchev–Trinajstić information content (AvgIpc) is 3.22. The van der Waals surface area contributed by atoms with E-state index in [1.807, 2.05) is 4.90 Å². The lowest BCUT2D eigenvalue weighted by Crippen LogP contribution is -2.52. The first kappa shape index (κ1) is 16.2. The van der Waals surface area contributed by atoms with Crippen molar-refractivity contribution >= 4 is 22.0 Å². The van der Waals surface area contributed by atoms with Gasteiger partial charge in [0.15, 0.2) is 0 Å². The monoisotopic (exact) mass is 318 g/mol. The van der Waals surface area contributed by atoms with Gasteiger partial charge in [0.25, 0.3) is 0 Å². The van der Waals surface area contributed by atoms with E-state index < -0.39 is 16.1 Å². The molecule has 8 nitrogen and oxygen atoms in total. The minimum atomic E-state index is -3.16. The topological polar surface area (TPSA) is 98.8 Å². The normalized spacial score (nSPS) is 21.0. The largest absolute Gasteiger partial charge is 0.335 e. The van der Waals surface area contributed by atoms with Crippen molar-refractivity contribution in [2.24, 2.45) is 0 Å². The molecule has 0 spiro atoms. The van der Waals surface area contributed by atoms with E-state index in [0.717, 1.165) is 12.8 Å². The van der Waals surface area contributed by atoms with E-state index in [9.17, 15) is 18.0 Å². The number of piperazine rings is 1. The fraction of sp³-hybridized carbons (Fsp3) is 0.833. The second kappa shape index (κ2) is 6.71. The molecule has 2 fully saturated rings. The predicted octanol–water partition coefficient (Wildman–Crippen LogP) is -1.06. The Morgan fingerprint density at radius 1 is 1.14 bits per heavy atom. The van der Waals surface area contributed by atoms with E-state index in [1.54, 1.807) is 6.92 Å². The summed E-state index contributed by atoms with van der Waals surface area (Å²) in [6.45, 7) is 3.50. The number of hydrogen-bond acceptors (Lipinski definition) is 5. The molecular weight excluding hydrogens is 296 g/mol. The second-order valence-corrected chi connectivity index (χ2v) is 7.63. The van der Waals surface area contributed by atoms with Gasteiger partial charge < -0.3 is 5.32 Å². The highest BCUT2D eigenvalue weighted by Gasteiger charge is 2.27. The van der Waals surface area contributed by atoms with Gasteiger partial charge in [-0.3, -0.25) is 15.0 Å². The molecule has 1 saturated carbocycles. The molecule has 0 bridgehead atoms. The molecule has 0 unspecified atom stereocenters. The lowest BCUT2D eigenvalue weighted by molar-refractivity contribution is -0.121. The standard InChI is InChI=1S/C12H22N4O4S/c1-2-21(19,20)16-7-5-15(6-8-16)9-11(17)14-12(18)13-10-3-4-10/h10H,2-9H2,1H3,(H2,13,14,17,18). The van der Waals surface area contributed by atoms with Crippen LogP contribution in [0.2, 0.25) is 0 Å². The Morgan fingerprint density at radius 3 is 2.29 bits per heavy atom. The first-order valence-corrected chi connectivity index (χ1v) is 8.82. The van der Waals surface area contributed by atoms with Gasteiger partial charge in [0, 0.05) is 32.2 Å². The molecule has 1 aliphatic carbocycles. The first-order valence-electron chi connectivity index (χ1n) is 7.21. The molecule has 1 aliphatic heterocycles. The number of carbonyl (C=O) groups excluding carboxylic acids is 2. The fourth-order valence-electron chi connectivity index (χ4n) is 2.17. The third-order valence-electron chi connectivity index (χ3n) is 3.62. The molecule has 9 heteroatoms. The summed E-state index contributed by atoms with van der Waals surface area (Å²) in [5, 5.41) is 4.97. The van der Waals surface area contributed by atoms with Crippen molar-refractivity contribution < 1.29 is 18.0 Å². The van der Waals surface area contributed by atoms with Crippen LogP contribution in [-0.2, 0) is 14.8 Å². The Bertz CT molecular complexity index is 495. The number of imide groups is 1. The van der Waals surface area contributed by atoms with E-state index in [0.29, 0.717) is 26.2 Å². The molecule has 1 saturated heterocycles.